The second kappa shape index (κ2) is 4.90. The minimum atomic E-state index is -0.509. The molecule has 1 N–H and O–H groups in total. The highest BCUT2D eigenvalue weighted by atomic mass is 16.5. The molecule has 0 aromatic carbocycles. The van der Waals surface area contributed by atoms with Crippen molar-refractivity contribution >= 4 is 6.09 Å². The van der Waals surface area contributed by atoms with E-state index in [-0.39, 0.29) is 0 Å². The van der Waals surface area contributed by atoms with E-state index in [9.17, 15) is 4.79 Å². The zero-order valence-electron chi connectivity index (χ0n) is 5.09. The van der Waals surface area contributed by atoms with Crippen LogP contribution in [0.3, 0.4) is 0 Å². The predicted molar refractivity (Wildman–Crippen MR) is 34.9 cm³/mol. The van der Waals surface area contributed by atoms with Crippen molar-refractivity contribution in [1.82, 2.24) is 5.32 Å². The first kappa shape index (κ1) is 7.75. The molecule has 0 aromatic heterocycles. The Hall–Kier alpha value is -1.25. The summed E-state index contributed by atoms with van der Waals surface area (Å²) in [5.41, 5.74) is 0. The van der Waals surface area contributed by atoms with Gasteiger partial charge in [-0.3, -0.25) is 0 Å². The van der Waals surface area contributed by atoms with E-state index in [1.54, 1.807) is 6.08 Å². The van der Waals surface area contributed by atoms with Gasteiger partial charge in [0.2, 0.25) is 0 Å². The molecule has 0 saturated heterocycles. The molecule has 1 amide bonds. The van der Waals surface area contributed by atoms with Crippen molar-refractivity contribution in [3.05, 3.63) is 25.5 Å². The third-order valence-electron chi connectivity index (χ3n) is 0.581. The molecule has 0 heterocycles. The molecule has 0 saturated carbocycles. The van der Waals surface area contributed by atoms with E-state index in [2.05, 4.69) is 23.2 Å². The summed E-state index contributed by atoms with van der Waals surface area (Å²) in [4.78, 5) is 10.3. The summed E-state index contributed by atoms with van der Waals surface area (Å²) in [6.07, 6.45) is 2.12. The van der Waals surface area contributed by atoms with Crippen molar-refractivity contribution in [3.63, 3.8) is 0 Å². The number of alkyl carbamates (subject to hydrolysis) is 1. The lowest BCUT2D eigenvalue weighted by atomic mass is 10.6. The highest BCUT2D eigenvalue weighted by molar-refractivity contribution is 5.67. The second-order valence-electron chi connectivity index (χ2n) is 1.24. The lowest BCUT2D eigenvalue weighted by Crippen LogP contribution is -2.22. The number of carbonyl (C=O) groups is 1. The van der Waals surface area contributed by atoms with Crippen LogP contribution in [0.1, 0.15) is 0 Å². The standard InChI is InChI=1S/C6H9NO2/c1-3-5-7-6(8)9-4-2/h3-4H,1-2,5H2,(H,7,8). The van der Waals surface area contributed by atoms with Crippen molar-refractivity contribution in [2.24, 2.45) is 0 Å². The molecule has 0 rings (SSSR count). The van der Waals surface area contributed by atoms with Gasteiger partial charge in [0, 0.05) is 6.54 Å². The Morgan fingerprint density at radius 3 is 2.78 bits per heavy atom. The van der Waals surface area contributed by atoms with Gasteiger partial charge in [-0.15, -0.1) is 6.58 Å². The van der Waals surface area contributed by atoms with Crippen LogP contribution in [0.25, 0.3) is 0 Å². The van der Waals surface area contributed by atoms with Crippen LogP contribution in [0.4, 0.5) is 4.79 Å². The molecule has 0 spiro atoms. The minimum Gasteiger partial charge on any atom is -0.419 e. The molecule has 3 heteroatoms. The number of nitrogens with one attached hydrogen (secondary N) is 1. The average molecular weight is 127 g/mol. The Morgan fingerprint density at radius 2 is 2.33 bits per heavy atom. The smallest absolute Gasteiger partial charge is 0.412 e. The molecule has 50 valence electrons. The van der Waals surface area contributed by atoms with Crippen LogP contribution in [0, 0.1) is 0 Å². The molecule has 0 aliphatic rings. The number of ether oxygens (including phenoxy) is 1. The second-order valence-corrected chi connectivity index (χ2v) is 1.24. The SMILES string of the molecule is C=CCNC(=O)OC=C. The summed E-state index contributed by atoms with van der Waals surface area (Å²) in [6.45, 7) is 7.01. The van der Waals surface area contributed by atoms with Gasteiger partial charge in [0.05, 0.1) is 6.26 Å². The summed E-state index contributed by atoms with van der Waals surface area (Å²) in [7, 11) is 0. The van der Waals surface area contributed by atoms with Crippen LogP contribution in [-0.2, 0) is 4.74 Å². The molecule has 0 radical (unpaired) electrons. The van der Waals surface area contributed by atoms with Gasteiger partial charge >= 0.3 is 6.09 Å². The molecule has 9 heavy (non-hydrogen) atoms. The summed E-state index contributed by atoms with van der Waals surface area (Å²) < 4.78 is 4.31. The van der Waals surface area contributed by atoms with E-state index in [0.29, 0.717) is 6.54 Å². The van der Waals surface area contributed by atoms with Crippen molar-refractivity contribution in [3.8, 4) is 0 Å². The fourth-order valence-corrected chi connectivity index (χ4v) is 0.273. The van der Waals surface area contributed by atoms with Crippen LogP contribution < -0.4 is 5.32 Å². The van der Waals surface area contributed by atoms with Gasteiger partial charge in [0.15, 0.2) is 0 Å². The van der Waals surface area contributed by atoms with Gasteiger partial charge in [0.1, 0.15) is 0 Å². The Labute approximate surface area is 54.0 Å². The van der Waals surface area contributed by atoms with Crippen molar-refractivity contribution in [2.45, 2.75) is 0 Å². The Balaban J connectivity index is 3.26. The van der Waals surface area contributed by atoms with E-state index in [1.807, 2.05) is 0 Å². The highest BCUT2D eigenvalue weighted by Gasteiger charge is 1.92. The molecule has 0 unspecified atom stereocenters. The summed E-state index contributed by atoms with van der Waals surface area (Å²) in [5, 5.41) is 2.38. The Morgan fingerprint density at radius 1 is 1.67 bits per heavy atom. The van der Waals surface area contributed by atoms with Gasteiger partial charge in [-0.2, -0.15) is 0 Å². The van der Waals surface area contributed by atoms with Gasteiger partial charge in [-0.25, -0.2) is 4.79 Å². The van der Waals surface area contributed by atoms with E-state index >= 15 is 0 Å². The molecule has 0 aliphatic heterocycles. The van der Waals surface area contributed by atoms with Crippen LogP contribution in [0.2, 0.25) is 0 Å². The largest absolute Gasteiger partial charge is 0.419 e. The lowest BCUT2D eigenvalue weighted by Gasteiger charge is -1.96. The summed E-state index contributed by atoms with van der Waals surface area (Å²) in [5.74, 6) is 0. The highest BCUT2D eigenvalue weighted by Crippen LogP contribution is 1.74. The monoisotopic (exact) mass is 127 g/mol. The normalized spacial score (nSPS) is 7.56. The van der Waals surface area contributed by atoms with E-state index in [1.165, 1.54) is 0 Å². The van der Waals surface area contributed by atoms with Crippen LogP contribution in [0.15, 0.2) is 25.5 Å². The average Bonchev–Trinajstić information content (AvgIpc) is 1.85. The van der Waals surface area contributed by atoms with Crippen molar-refractivity contribution in [2.75, 3.05) is 6.54 Å². The van der Waals surface area contributed by atoms with E-state index in [4.69, 9.17) is 0 Å². The van der Waals surface area contributed by atoms with Crippen LogP contribution in [0.5, 0.6) is 0 Å². The van der Waals surface area contributed by atoms with Gasteiger partial charge in [0.25, 0.3) is 0 Å². The van der Waals surface area contributed by atoms with Gasteiger partial charge in [-0.1, -0.05) is 12.7 Å². The number of hydrogen-bond donors (Lipinski definition) is 1. The van der Waals surface area contributed by atoms with Crippen LogP contribution in [-0.4, -0.2) is 12.6 Å². The lowest BCUT2D eigenvalue weighted by molar-refractivity contribution is 0.187. The molecular formula is C6H9NO2. The molecule has 0 aliphatic carbocycles. The zero-order chi connectivity index (χ0) is 7.11. The van der Waals surface area contributed by atoms with E-state index < -0.39 is 6.09 Å². The third-order valence-corrected chi connectivity index (χ3v) is 0.581. The maximum Gasteiger partial charge on any atom is 0.412 e. The Kier molecular flexibility index (Phi) is 4.22. The molecule has 0 fully saturated rings. The summed E-state index contributed by atoms with van der Waals surface area (Å²) in [6, 6.07) is 0. The van der Waals surface area contributed by atoms with Crippen molar-refractivity contribution < 1.29 is 9.53 Å². The molecule has 3 nitrogen and oxygen atoms in total. The fourth-order valence-electron chi connectivity index (χ4n) is 0.273. The van der Waals surface area contributed by atoms with Crippen LogP contribution >= 0.6 is 0 Å². The quantitative estimate of drug-likeness (QED) is 0.454. The third kappa shape index (κ3) is 4.61. The predicted octanol–water partition coefficient (Wildman–Crippen LogP) is 1.04. The van der Waals surface area contributed by atoms with Gasteiger partial charge in [-0.05, 0) is 0 Å². The first-order valence-electron chi connectivity index (χ1n) is 2.47. The first-order chi connectivity index (χ1) is 4.31. The maximum atomic E-state index is 10.3. The molecule has 0 atom stereocenters. The number of hydrogen-bond acceptors (Lipinski definition) is 2. The molecule has 0 bridgehead atoms. The Bertz CT molecular complexity index is 120. The molecule has 0 aromatic rings. The first-order valence-corrected chi connectivity index (χ1v) is 2.47. The number of carbonyl (C=O) groups excluding carboxylic acids is 1. The zero-order valence-corrected chi connectivity index (χ0v) is 5.09. The number of amides is 1. The fraction of sp³-hybridized carbons (Fsp3) is 0.167. The summed E-state index contributed by atoms with van der Waals surface area (Å²) >= 11 is 0. The number of rotatable bonds is 3. The van der Waals surface area contributed by atoms with Gasteiger partial charge < -0.3 is 10.1 Å². The van der Waals surface area contributed by atoms with Crippen molar-refractivity contribution in [1.29, 1.82) is 0 Å². The minimum absolute atomic E-state index is 0.409. The molecular weight excluding hydrogens is 118 g/mol. The van der Waals surface area contributed by atoms with E-state index in [0.717, 1.165) is 6.26 Å². The maximum absolute atomic E-state index is 10.3. The topological polar surface area (TPSA) is 38.3 Å².